The lowest BCUT2D eigenvalue weighted by Crippen LogP contribution is -2.56. The summed E-state index contributed by atoms with van der Waals surface area (Å²) in [7, 11) is 0. The fourth-order valence-electron chi connectivity index (χ4n) is 4.74. The van der Waals surface area contributed by atoms with Gasteiger partial charge >= 0.3 is 0 Å². The number of fused-ring (bicyclic) bond motifs is 1. The molecular formula is C24H33N3O2. The highest BCUT2D eigenvalue weighted by atomic mass is 16.5. The molecule has 2 heterocycles. The third kappa shape index (κ3) is 4.63. The summed E-state index contributed by atoms with van der Waals surface area (Å²) in [6.45, 7) is 9.92. The highest BCUT2D eigenvalue weighted by Crippen LogP contribution is 2.35. The van der Waals surface area contributed by atoms with Gasteiger partial charge in [-0.3, -0.25) is 14.6 Å². The summed E-state index contributed by atoms with van der Waals surface area (Å²) < 4.78 is 5.46. The van der Waals surface area contributed by atoms with Gasteiger partial charge < -0.3 is 10.1 Å². The number of morpholine rings is 1. The maximum atomic E-state index is 12.8. The molecule has 5 heteroatoms. The summed E-state index contributed by atoms with van der Waals surface area (Å²) >= 11 is 0. The van der Waals surface area contributed by atoms with Crippen LogP contribution in [-0.2, 0) is 9.53 Å². The lowest BCUT2D eigenvalue weighted by molar-refractivity contribution is -0.123. The molecule has 2 aromatic carbocycles. The molecule has 0 aromatic heterocycles. The summed E-state index contributed by atoms with van der Waals surface area (Å²) in [5.41, 5.74) is 1.29. The molecular weight excluding hydrogens is 362 g/mol. The van der Waals surface area contributed by atoms with E-state index < -0.39 is 0 Å². The summed E-state index contributed by atoms with van der Waals surface area (Å²) in [6.07, 6.45) is 2.25. The topological polar surface area (TPSA) is 44.8 Å². The average molecular weight is 396 g/mol. The molecule has 2 aromatic rings. The lowest BCUT2D eigenvalue weighted by atomic mass is 9.97. The van der Waals surface area contributed by atoms with E-state index in [0.29, 0.717) is 19.1 Å². The molecule has 1 amide bonds. The van der Waals surface area contributed by atoms with E-state index in [2.05, 4.69) is 71.4 Å². The molecule has 2 saturated heterocycles. The quantitative estimate of drug-likeness (QED) is 0.816. The fraction of sp³-hybridized carbons (Fsp3) is 0.542. The highest BCUT2D eigenvalue weighted by molar-refractivity contribution is 5.86. The molecule has 2 aliphatic rings. The maximum absolute atomic E-state index is 12.8. The smallest absolute Gasteiger partial charge is 0.234 e. The fourth-order valence-corrected chi connectivity index (χ4v) is 4.74. The molecule has 2 fully saturated rings. The molecule has 0 saturated carbocycles. The van der Waals surface area contributed by atoms with Crippen molar-refractivity contribution in [2.45, 2.75) is 38.3 Å². The van der Waals surface area contributed by atoms with Crippen LogP contribution >= 0.6 is 0 Å². The van der Waals surface area contributed by atoms with Crippen LogP contribution in [0.2, 0.25) is 0 Å². The van der Waals surface area contributed by atoms with Gasteiger partial charge in [-0.15, -0.1) is 0 Å². The van der Waals surface area contributed by atoms with Gasteiger partial charge in [-0.25, -0.2) is 0 Å². The first kappa shape index (κ1) is 20.3. The first-order chi connectivity index (χ1) is 14.0. The first-order valence-corrected chi connectivity index (χ1v) is 10.9. The van der Waals surface area contributed by atoms with Crippen molar-refractivity contribution in [3.63, 3.8) is 0 Å². The number of hydrogen-bond donors (Lipinski definition) is 1. The van der Waals surface area contributed by atoms with E-state index >= 15 is 0 Å². The monoisotopic (exact) mass is 395 g/mol. The number of hydrogen-bond acceptors (Lipinski definition) is 4. The van der Waals surface area contributed by atoms with Crippen molar-refractivity contribution in [2.75, 3.05) is 45.9 Å². The van der Waals surface area contributed by atoms with E-state index in [1.807, 2.05) is 0 Å². The molecule has 0 aliphatic carbocycles. The van der Waals surface area contributed by atoms with Crippen molar-refractivity contribution in [1.29, 1.82) is 0 Å². The second-order valence-electron chi connectivity index (χ2n) is 8.89. The van der Waals surface area contributed by atoms with Crippen LogP contribution in [0.5, 0.6) is 0 Å². The SMILES string of the molecule is CC(C)(CNC(=O)CN1CCCC1c1cccc2ccccc12)N1CCOCC1. The van der Waals surface area contributed by atoms with Crippen LogP contribution in [-0.4, -0.2) is 67.2 Å². The largest absolute Gasteiger partial charge is 0.379 e. The van der Waals surface area contributed by atoms with Crippen LogP contribution in [0.25, 0.3) is 10.8 Å². The second-order valence-corrected chi connectivity index (χ2v) is 8.89. The number of amides is 1. The Hall–Kier alpha value is -1.95. The van der Waals surface area contributed by atoms with Gasteiger partial charge in [-0.1, -0.05) is 42.5 Å². The summed E-state index contributed by atoms with van der Waals surface area (Å²) in [5, 5.41) is 5.77. The number of likely N-dealkylation sites (tertiary alicyclic amines) is 1. The van der Waals surface area contributed by atoms with Crippen LogP contribution in [0.1, 0.15) is 38.3 Å². The van der Waals surface area contributed by atoms with Crippen LogP contribution in [0.4, 0.5) is 0 Å². The standard InChI is InChI=1S/C24H33N3O2/c1-24(2,27-13-15-29-16-14-27)18-25-23(28)17-26-12-6-11-22(26)21-10-5-8-19-7-3-4-9-20(19)21/h3-5,7-10,22H,6,11-18H2,1-2H3,(H,25,28). The minimum atomic E-state index is -0.0561. The van der Waals surface area contributed by atoms with Gasteiger partial charge in [-0.2, -0.15) is 0 Å². The van der Waals surface area contributed by atoms with E-state index in [4.69, 9.17) is 4.74 Å². The third-order valence-electron chi connectivity index (χ3n) is 6.48. The average Bonchev–Trinajstić information content (AvgIpc) is 3.20. The molecule has 29 heavy (non-hydrogen) atoms. The second kappa shape index (κ2) is 8.82. The van der Waals surface area contributed by atoms with Gasteiger partial charge in [0.1, 0.15) is 0 Å². The maximum Gasteiger partial charge on any atom is 0.234 e. The predicted molar refractivity (Wildman–Crippen MR) is 117 cm³/mol. The zero-order valence-corrected chi connectivity index (χ0v) is 17.7. The molecule has 0 radical (unpaired) electrons. The van der Waals surface area contributed by atoms with Crippen LogP contribution in [0.3, 0.4) is 0 Å². The van der Waals surface area contributed by atoms with Gasteiger partial charge in [-0.05, 0) is 49.6 Å². The molecule has 0 spiro atoms. The Morgan fingerprint density at radius 2 is 1.86 bits per heavy atom. The minimum Gasteiger partial charge on any atom is -0.379 e. The zero-order valence-electron chi connectivity index (χ0n) is 17.7. The van der Waals surface area contributed by atoms with Crippen molar-refractivity contribution >= 4 is 16.7 Å². The van der Waals surface area contributed by atoms with E-state index in [-0.39, 0.29) is 11.4 Å². The third-order valence-corrected chi connectivity index (χ3v) is 6.48. The van der Waals surface area contributed by atoms with E-state index in [0.717, 1.165) is 45.7 Å². The zero-order chi connectivity index (χ0) is 20.3. The van der Waals surface area contributed by atoms with Gasteiger partial charge in [0.2, 0.25) is 5.91 Å². The van der Waals surface area contributed by atoms with E-state index in [1.54, 1.807) is 0 Å². The number of ether oxygens (including phenoxy) is 1. The minimum absolute atomic E-state index is 0.0561. The number of carbonyl (C=O) groups is 1. The Morgan fingerprint density at radius 3 is 2.69 bits per heavy atom. The van der Waals surface area contributed by atoms with Crippen molar-refractivity contribution < 1.29 is 9.53 Å². The Kier molecular flexibility index (Phi) is 6.18. The Bertz CT molecular complexity index is 840. The molecule has 2 aliphatic heterocycles. The number of benzene rings is 2. The summed E-state index contributed by atoms with van der Waals surface area (Å²) in [5.74, 6) is 0.124. The van der Waals surface area contributed by atoms with Gasteiger partial charge in [0.15, 0.2) is 0 Å². The van der Waals surface area contributed by atoms with Crippen LogP contribution in [0, 0.1) is 0 Å². The number of nitrogens with one attached hydrogen (secondary N) is 1. The van der Waals surface area contributed by atoms with Crippen molar-refractivity contribution in [3.05, 3.63) is 48.0 Å². The van der Waals surface area contributed by atoms with Crippen molar-refractivity contribution in [3.8, 4) is 0 Å². The molecule has 0 bridgehead atoms. The number of carbonyl (C=O) groups excluding carboxylic acids is 1. The molecule has 1 N–H and O–H groups in total. The molecule has 5 nitrogen and oxygen atoms in total. The Morgan fingerprint density at radius 1 is 1.10 bits per heavy atom. The number of nitrogens with zero attached hydrogens (tertiary/aromatic N) is 2. The molecule has 1 unspecified atom stereocenters. The van der Waals surface area contributed by atoms with Gasteiger partial charge in [0.05, 0.1) is 19.8 Å². The highest BCUT2D eigenvalue weighted by Gasteiger charge is 2.31. The Balaban J connectivity index is 1.39. The molecule has 156 valence electrons. The van der Waals surface area contributed by atoms with E-state index in [1.165, 1.54) is 16.3 Å². The molecule has 4 rings (SSSR count). The normalized spacial score (nSPS) is 21.5. The van der Waals surface area contributed by atoms with Crippen LogP contribution < -0.4 is 5.32 Å². The summed E-state index contributed by atoms with van der Waals surface area (Å²) in [4.78, 5) is 17.5. The van der Waals surface area contributed by atoms with Gasteiger partial charge in [0.25, 0.3) is 0 Å². The number of rotatable bonds is 6. The van der Waals surface area contributed by atoms with Gasteiger partial charge in [0, 0.05) is 31.2 Å². The van der Waals surface area contributed by atoms with Crippen molar-refractivity contribution in [1.82, 2.24) is 15.1 Å². The predicted octanol–water partition coefficient (Wildman–Crippen LogP) is 3.20. The summed E-state index contributed by atoms with van der Waals surface area (Å²) in [6, 6.07) is 15.4. The Labute approximate surface area is 174 Å². The van der Waals surface area contributed by atoms with E-state index in [9.17, 15) is 4.79 Å². The first-order valence-electron chi connectivity index (χ1n) is 10.9. The molecule has 1 atom stereocenters. The van der Waals surface area contributed by atoms with Crippen molar-refractivity contribution in [2.24, 2.45) is 0 Å². The van der Waals surface area contributed by atoms with Crippen LogP contribution in [0.15, 0.2) is 42.5 Å². The lowest BCUT2D eigenvalue weighted by Gasteiger charge is -2.41.